The Morgan fingerprint density at radius 1 is 1.21 bits per heavy atom. The fraction of sp³-hybridized carbons (Fsp3) is 0.0769. The van der Waals surface area contributed by atoms with Crippen LogP contribution in [-0.4, -0.2) is 4.92 Å². The van der Waals surface area contributed by atoms with Gasteiger partial charge in [0.05, 0.1) is 4.92 Å². The van der Waals surface area contributed by atoms with Crippen LogP contribution in [0.15, 0.2) is 42.5 Å². The lowest BCUT2D eigenvalue weighted by Gasteiger charge is -2.08. The second kappa shape index (κ2) is 5.67. The summed E-state index contributed by atoms with van der Waals surface area (Å²) in [5.41, 5.74) is -0.00252. The number of hydrogen-bond donors (Lipinski definition) is 0. The van der Waals surface area contributed by atoms with Crippen LogP contribution >= 0.6 is 11.6 Å². The molecule has 0 aliphatic rings. The van der Waals surface area contributed by atoms with Gasteiger partial charge in [-0.05, 0) is 18.2 Å². The molecule has 0 saturated carbocycles. The number of nitrogens with zero attached hydrogens (tertiary/aromatic N) is 1. The molecule has 0 saturated heterocycles. The summed E-state index contributed by atoms with van der Waals surface area (Å²) >= 11 is 5.74. The molecule has 0 aliphatic heterocycles. The molecular formula is C13H9ClFNO3. The molecule has 4 nitrogen and oxygen atoms in total. The van der Waals surface area contributed by atoms with Crippen LogP contribution in [0, 0.1) is 15.9 Å². The van der Waals surface area contributed by atoms with Gasteiger partial charge in [0.1, 0.15) is 17.4 Å². The monoisotopic (exact) mass is 281 g/mol. The second-order valence-corrected chi connectivity index (χ2v) is 4.13. The first kappa shape index (κ1) is 13.3. The van der Waals surface area contributed by atoms with Crippen molar-refractivity contribution in [2.24, 2.45) is 0 Å². The molecular weight excluding hydrogens is 273 g/mol. The third kappa shape index (κ3) is 3.00. The van der Waals surface area contributed by atoms with Crippen LogP contribution < -0.4 is 4.74 Å². The zero-order chi connectivity index (χ0) is 13.8. The van der Waals surface area contributed by atoms with Gasteiger partial charge < -0.3 is 4.74 Å². The van der Waals surface area contributed by atoms with E-state index in [2.05, 4.69) is 0 Å². The van der Waals surface area contributed by atoms with Gasteiger partial charge in [-0.3, -0.25) is 10.1 Å². The van der Waals surface area contributed by atoms with Crippen molar-refractivity contribution in [3.63, 3.8) is 0 Å². The maximum absolute atomic E-state index is 13.4. The lowest BCUT2D eigenvalue weighted by atomic mass is 10.2. The molecule has 0 aromatic heterocycles. The fourth-order valence-corrected chi connectivity index (χ4v) is 1.80. The van der Waals surface area contributed by atoms with Gasteiger partial charge in [-0.25, -0.2) is 4.39 Å². The van der Waals surface area contributed by atoms with E-state index in [-0.39, 0.29) is 23.1 Å². The van der Waals surface area contributed by atoms with E-state index in [0.29, 0.717) is 5.56 Å². The Labute approximate surface area is 113 Å². The molecule has 0 unspecified atom stereocenters. The number of nitro groups is 1. The Balaban J connectivity index is 2.23. The van der Waals surface area contributed by atoms with E-state index < -0.39 is 10.7 Å². The number of hydrogen-bond acceptors (Lipinski definition) is 3. The van der Waals surface area contributed by atoms with Gasteiger partial charge in [0.2, 0.25) is 0 Å². The third-order valence-corrected chi connectivity index (χ3v) is 2.78. The van der Waals surface area contributed by atoms with Crippen LogP contribution in [0.4, 0.5) is 10.1 Å². The van der Waals surface area contributed by atoms with E-state index in [9.17, 15) is 14.5 Å². The molecule has 2 rings (SSSR count). The average Bonchev–Trinajstić information content (AvgIpc) is 2.37. The van der Waals surface area contributed by atoms with E-state index in [1.165, 1.54) is 24.3 Å². The van der Waals surface area contributed by atoms with Gasteiger partial charge in [-0.2, -0.15) is 0 Å². The molecule has 98 valence electrons. The molecule has 0 aliphatic carbocycles. The highest BCUT2D eigenvalue weighted by atomic mass is 35.5. The highest BCUT2D eigenvalue weighted by Crippen LogP contribution is 2.34. The van der Waals surface area contributed by atoms with Crippen LogP contribution in [0.5, 0.6) is 5.75 Å². The summed E-state index contributed by atoms with van der Waals surface area (Å²) < 4.78 is 18.7. The third-order valence-electron chi connectivity index (χ3n) is 2.47. The average molecular weight is 282 g/mol. The summed E-state index contributed by atoms with van der Waals surface area (Å²) in [4.78, 5) is 10.3. The zero-order valence-electron chi connectivity index (χ0n) is 9.68. The van der Waals surface area contributed by atoms with E-state index in [4.69, 9.17) is 16.3 Å². The van der Waals surface area contributed by atoms with Crippen LogP contribution in [0.1, 0.15) is 5.56 Å². The molecule has 6 heteroatoms. The summed E-state index contributed by atoms with van der Waals surface area (Å²) in [6, 6.07) is 10.4. The molecule has 0 radical (unpaired) electrons. The van der Waals surface area contributed by atoms with Crippen molar-refractivity contribution >= 4 is 17.3 Å². The minimum atomic E-state index is -0.626. The number of halogens is 2. The predicted molar refractivity (Wildman–Crippen MR) is 68.8 cm³/mol. The first-order chi connectivity index (χ1) is 9.09. The fourth-order valence-electron chi connectivity index (χ4n) is 1.56. The van der Waals surface area contributed by atoms with Crippen molar-refractivity contribution in [1.82, 2.24) is 0 Å². The lowest BCUT2D eigenvalue weighted by Crippen LogP contribution is -2.01. The van der Waals surface area contributed by atoms with Crippen LogP contribution in [0.2, 0.25) is 5.02 Å². The molecule has 2 aromatic carbocycles. The number of para-hydroxylation sites is 1. The largest absolute Gasteiger partial charge is 0.482 e. The van der Waals surface area contributed by atoms with Crippen molar-refractivity contribution in [1.29, 1.82) is 0 Å². The van der Waals surface area contributed by atoms with Crippen LogP contribution in [-0.2, 0) is 6.61 Å². The molecule has 0 spiro atoms. The predicted octanol–water partition coefficient (Wildman–Crippen LogP) is 3.97. The molecule has 0 fully saturated rings. The SMILES string of the molecule is O=[N+]([O-])c1c(Cl)cccc1OCc1ccccc1F. The standard InChI is InChI=1S/C13H9ClFNO3/c14-10-5-3-7-12(13(10)16(17)18)19-8-9-4-1-2-6-11(9)15/h1-7H,8H2. The van der Waals surface area contributed by atoms with E-state index >= 15 is 0 Å². The van der Waals surface area contributed by atoms with Crippen molar-refractivity contribution < 1.29 is 14.1 Å². The molecule has 2 aromatic rings. The highest BCUT2D eigenvalue weighted by Gasteiger charge is 2.19. The van der Waals surface area contributed by atoms with E-state index in [1.54, 1.807) is 18.2 Å². The zero-order valence-corrected chi connectivity index (χ0v) is 10.4. The topological polar surface area (TPSA) is 52.4 Å². The molecule has 0 bridgehead atoms. The van der Waals surface area contributed by atoms with Gasteiger partial charge in [0.15, 0.2) is 5.75 Å². The highest BCUT2D eigenvalue weighted by molar-refractivity contribution is 6.32. The Hall–Kier alpha value is -2.14. The van der Waals surface area contributed by atoms with Gasteiger partial charge in [-0.15, -0.1) is 0 Å². The Bertz CT molecular complexity index is 619. The maximum atomic E-state index is 13.4. The van der Waals surface area contributed by atoms with Crippen molar-refractivity contribution in [3.05, 3.63) is 69.0 Å². The van der Waals surface area contributed by atoms with Gasteiger partial charge in [-0.1, -0.05) is 35.9 Å². The first-order valence-corrected chi connectivity index (χ1v) is 5.76. The van der Waals surface area contributed by atoms with Gasteiger partial charge in [0, 0.05) is 5.56 Å². The van der Waals surface area contributed by atoms with Gasteiger partial charge >= 0.3 is 5.69 Å². The van der Waals surface area contributed by atoms with Gasteiger partial charge in [0.25, 0.3) is 0 Å². The summed E-state index contributed by atoms with van der Waals surface area (Å²) in [5.74, 6) is -0.409. The number of rotatable bonds is 4. The summed E-state index contributed by atoms with van der Waals surface area (Å²) in [7, 11) is 0. The Morgan fingerprint density at radius 2 is 1.95 bits per heavy atom. The van der Waals surface area contributed by atoms with Crippen LogP contribution in [0.25, 0.3) is 0 Å². The molecule has 0 N–H and O–H groups in total. The number of ether oxygens (including phenoxy) is 1. The summed E-state index contributed by atoms with van der Waals surface area (Å²) in [6.45, 7) is -0.103. The van der Waals surface area contributed by atoms with Crippen LogP contribution in [0.3, 0.4) is 0 Å². The van der Waals surface area contributed by atoms with E-state index in [0.717, 1.165) is 0 Å². The molecule has 19 heavy (non-hydrogen) atoms. The molecule has 0 heterocycles. The van der Waals surface area contributed by atoms with Crippen molar-refractivity contribution in [2.45, 2.75) is 6.61 Å². The summed E-state index contributed by atoms with van der Waals surface area (Å²) in [5, 5.41) is 10.9. The van der Waals surface area contributed by atoms with Crippen molar-refractivity contribution in [3.8, 4) is 5.75 Å². The minimum absolute atomic E-state index is 0.0146. The first-order valence-electron chi connectivity index (χ1n) is 5.38. The Morgan fingerprint density at radius 3 is 2.63 bits per heavy atom. The quantitative estimate of drug-likeness (QED) is 0.629. The second-order valence-electron chi connectivity index (χ2n) is 3.72. The smallest absolute Gasteiger partial charge is 0.329 e. The maximum Gasteiger partial charge on any atom is 0.329 e. The number of nitro benzene ring substituents is 1. The molecule has 0 amide bonds. The van der Waals surface area contributed by atoms with Crippen molar-refractivity contribution in [2.75, 3.05) is 0 Å². The number of benzene rings is 2. The minimum Gasteiger partial charge on any atom is -0.482 e. The lowest BCUT2D eigenvalue weighted by molar-refractivity contribution is -0.385. The normalized spacial score (nSPS) is 10.2. The Kier molecular flexibility index (Phi) is 3.97. The summed E-state index contributed by atoms with van der Waals surface area (Å²) in [6.07, 6.45) is 0. The van der Waals surface area contributed by atoms with E-state index in [1.807, 2.05) is 0 Å². The molecule has 0 atom stereocenters.